The number of halogens is 2. The van der Waals surface area contributed by atoms with Gasteiger partial charge in [0.1, 0.15) is 5.75 Å². The van der Waals surface area contributed by atoms with Crippen molar-refractivity contribution in [3.05, 3.63) is 53.9 Å². The fraction of sp³-hybridized carbons (Fsp3) is 0. The number of benzene rings is 1. The molecule has 2 aromatic rings. The van der Waals surface area contributed by atoms with E-state index < -0.39 is 28.9 Å². The van der Waals surface area contributed by atoms with Crippen LogP contribution in [0.1, 0.15) is 10.4 Å². The minimum absolute atomic E-state index is 0.151. The Morgan fingerprint density at radius 1 is 1.28 bits per heavy atom. The second-order valence-corrected chi connectivity index (χ2v) is 3.36. The Kier molecular flexibility index (Phi) is 3.18. The number of pyridine rings is 1. The summed E-state index contributed by atoms with van der Waals surface area (Å²) in [5, 5.41) is 8.63. The molecule has 0 aliphatic heterocycles. The number of hydrogen-bond donors (Lipinski definition) is 1. The van der Waals surface area contributed by atoms with Crippen LogP contribution in [0.4, 0.5) is 8.78 Å². The van der Waals surface area contributed by atoms with Gasteiger partial charge in [-0.15, -0.1) is 0 Å². The van der Waals surface area contributed by atoms with Crippen LogP contribution in [-0.4, -0.2) is 16.1 Å². The zero-order chi connectivity index (χ0) is 13.1. The van der Waals surface area contributed by atoms with Gasteiger partial charge in [0.2, 0.25) is 0 Å². The van der Waals surface area contributed by atoms with E-state index in [0.717, 1.165) is 0 Å². The van der Waals surface area contributed by atoms with Gasteiger partial charge in [0, 0.05) is 6.20 Å². The van der Waals surface area contributed by atoms with Gasteiger partial charge >= 0.3 is 5.97 Å². The van der Waals surface area contributed by atoms with Gasteiger partial charge < -0.3 is 9.84 Å². The van der Waals surface area contributed by atoms with E-state index in [1.807, 2.05) is 0 Å². The number of ether oxygens (including phenoxy) is 1. The molecule has 6 heteroatoms. The standard InChI is InChI=1S/C12H7F2NO3/c13-9-4-7(12(16)17)5-10(14)11(9)18-8-2-1-3-15-6-8/h1-6H,(H,16,17). The molecule has 1 N–H and O–H groups in total. The molecule has 0 aliphatic rings. The molecule has 0 aliphatic carbocycles. The van der Waals surface area contributed by atoms with Crippen molar-refractivity contribution in [1.82, 2.24) is 4.98 Å². The fourth-order valence-corrected chi connectivity index (χ4v) is 1.31. The molecular formula is C12H7F2NO3. The van der Waals surface area contributed by atoms with Crippen molar-refractivity contribution < 1.29 is 23.4 Å². The van der Waals surface area contributed by atoms with Crippen LogP contribution >= 0.6 is 0 Å². The predicted molar refractivity (Wildman–Crippen MR) is 57.6 cm³/mol. The van der Waals surface area contributed by atoms with E-state index in [9.17, 15) is 13.6 Å². The molecule has 0 amide bonds. The number of nitrogens with zero attached hydrogens (tertiary/aromatic N) is 1. The molecule has 0 unspecified atom stereocenters. The largest absolute Gasteiger partial charge is 0.478 e. The Hall–Kier alpha value is -2.50. The minimum Gasteiger partial charge on any atom is -0.478 e. The van der Waals surface area contributed by atoms with Crippen LogP contribution in [0.15, 0.2) is 36.7 Å². The van der Waals surface area contributed by atoms with Crippen LogP contribution in [0.3, 0.4) is 0 Å². The number of hydrogen-bond acceptors (Lipinski definition) is 3. The van der Waals surface area contributed by atoms with E-state index in [1.165, 1.54) is 24.5 Å². The van der Waals surface area contributed by atoms with Crippen LogP contribution in [0.2, 0.25) is 0 Å². The second-order valence-electron chi connectivity index (χ2n) is 3.36. The molecule has 18 heavy (non-hydrogen) atoms. The van der Waals surface area contributed by atoms with E-state index in [1.54, 1.807) is 0 Å². The second kappa shape index (κ2) is 4.79. The lowest BCUT2D eigenvalue weighted by Gasteiger charge is -2.08. The maximum Gasteiger partial charge on any atom is 0.335 e. The van der Waals surface area contributed by atoms with Crippen LogP contribution in [-0.2, 0) is 0 Å². The summed E-state index contributed by atoms with van der Waals surface area (Å²) in [4.78, 5) is 14.3. The number of rotatable bonds is 3. The third kappa shape index (κ3) is 2.42. The highest BCUT2D eigenvalue weighted by atomic mass is 19.1. The monoisotopic (exact) mass is 251 g/mol. The summed E-state index contributed by atoms with van der Waals surface area (Å²) in [6.07, 6.45) is 2.76. The number of carbonyl (C=O) groups is 1. The summed E-state index contributed by atoms with van der Waals surface area (Å²) in [5.41, 5.74) is -0.483. The highest BCUT2D eigenvalue weighted by Gasteiger charge is 2.16. The first-order chi connectivity index (χ1) is 8.58. The Bertz CT molecular complexity index is 564. The lowest BCUT2D eigenvalue weighted by Crippen LogP contribution is -2.01. The van der Waals surface area contributed by atoms with Crippen molar-refractivity contribution in [2.45, 2.75) is 0 Å². The smallest absolute Gasteiger partial charge is 0.335 e. The highest BCUT2D eigenvalue weighted by molar-refractivity contribution is 5.87. The molecule has 4 nitrogen and oxygen atoms in total. The summed E-state index contributed by atoms with van der Waals surface area (Å²) in [7, 11) is 0. The summed E-state index contributed by atoms with van der Waals surface area (Å²) < 4.78 is 32.0. The number of aromatic carboxylic acids is 1. The lowest BCUT2D eigenvalue weighted by molar-refractivity contribution is 0.0695. The molecule has 0 bridgehead atoms. The average Bonchev–Trinajstić information content (AvgIpc) is 2.34. The van der Waals surface area contributed by atoms with E-state index in [0.29, 0.717) is 12.1 Å². The van der Waals surface area contributed by atoms with Crippen molar-refractivity contribution in [2.24, 2.45) is 0 Å². The molecule has 0 saturated carbocycles. The molecule has 2 rings (SSSR count). The van der Waals surface area contributed by atoms with Crippen molar-refractivity contribution in [3.8, 4) is 11.5 Å². The number of carboxylic acids is 1. The first kappa shape index (κ1) is 12.0. The first-order valence-electron chi connectivity index (χ1n) is 4.88. The van der Waals surface area contributed by atoms with Crippen LogP contribution in [0.25, 0.3) is 0 Å². The fourth-order valence-electron chi connectivity index (χ4n) is 1.31. The van der Waals surface area contributed by atoms with Gasteiger partial charge in [-0.05, 0) is 24.3 Å². The first-order valence-corrected chi connectivity index (χ1v) is 4.88. The molecule has 1 aromatic carbocycles. The van der Waals surface area contributed by atoms with Crippen molar-refractivity contribution in [2.75, 3.05) is 0 Å². The summed E-state index contributed by atoms with van der Waals surface area (Å²) in [5.74, 6) is -4.10. The minimum atomic E-state index is -1.42. The zero-order valence-electron chi connectivity index (χ0n) is 8.93. The molecule has 0 atom stereocenters. The summed E-state index contributed by atoms with van der Waals surface area (Å²) >= 11 is 0. The van der Waals surface area contributed by atoms with E-state index in [2.05, 4.69) is 4.98 Å². The average molecular weight is 251 g/mol. The maximum atomic E-state index is 13.5. The molecule has 1 aromatic heterocycles. The van der Waals surface area contributed by atoms with Crippen LogP contribution < -0.4 is 4.74 Å². The number of carboxylic acid groups (broad SMARTS) is 1. The number of aromatic nitrogens is 1. The predicted octanol–water partition coefficient (Wildman–Crippen LogP) is 2.85. The van der Waals surface area contributed by atoms with Crippen molar-refractivity contribution >= 4 is 5.97 Å². The van der Waals surface area contributed by atoms with Gasteiger partial charge in [-0.2, -0.15) is 0 Å². The van der Waals surface area contributed by atoms with E-state index in [-0.39, 0.29) is 5.75 Å². The molecule has 0 fully saturated rings. The van der Waals surface area contributed by atoms with Gasteiger partial charge in [0.25, 0.3) is 0 Å². The van der Waals surface area contributed by atoms with Crippen molar-refractivity contribution in [1.29, 1.82) is 0 Å². The van der Waals surface area contributed by atoms with E-state index in [4.69, 9.17) is 9.84 Å². The molecular weight excluding hydrogens is 244 g/mol. The Balaban J connectivity index is 2.37. The Labute approximate surface area is 100 Å². The third-order valence-electron chi connectivity index (χ3n) is 2.10. The van der Waals surface area contributed by atoms with Gasteiger partial charge in [-0.25, -0.2) is 13.6 Å². The van der Waals surface area contributed by atoms with Gasteiger partial charge in [0.05, 0.1) is 11.8 Å². The third-order valence-corrected chi connectivity index (χ3v) is 2.10. The van der Waals surface area contributed by atoms with Gasteiger partial charge in [0.15, 0.2) is 17.4 Å². The molecule has 0 radical (unpaired) electrons. The van der Waals surface area contributed by atoms with Crippen LogP contribution in [0.5, 0.6) is 11.5 Å². The quantitative estimate of drug-likeness (QED) is 0.911. The van der Waals surface area contributed by atoms with Crippen molar-refractivity contribution in [3.63, 3.8) is 0 Å². The van der Waals surface area contributed by atoms with Crippen LogP contribution in [0, 0.1) is 11.6 Å². The summed E-state index contributed by atoms with van der Waals surface area (Å²) in [6, 6.07) is 4.39. The topological polar surface area (TPSA) is 59.4 Å². The molecule has 1 heterocycles. The SMILES string of the molecule is O=C(O)c1cc(F)c(Oc2cccnc2)c(F)c1. The van der Waals surface area contributed by atoms with Gasteiger partial charge in [-0.3, -0.25) is 4.98 Å². The normalized spacial score (nSPS) is 10.1. The van der Waals surface area contributed by atoms with E-state index >= 15 is 0 Å². The maximum absolute atomic E-state index is 13.5. The summed E-state index contributed by atoms with van der Waals surface area (Å²) in [6.45, 7) is 0. The Morgan fingerprint density at radius 3 is 2.44 bits per heavy atom. The molecule has 0 spiro atoms. The zero-order valence-corrected chi connectivity index (χ0v) is 8.93. The van der Waals surface area contributed by atoms with Gasteiger partial charge in [-0.1, -0.05) is 0 Å². The highest BCUT2D eigenvalue weighted by Crippen LogP contribution is 2.28. The molecule has 0 saturated heterocycles. The molecule has 92 valence electrons. The Morgan fingerprint density at radius 2 is 1.94 bits per heavy atom. The lowest BCUT2D eigenvalue weighted by atomic mass is 10.2.